The summed E-state index contributed by atoms with van der Waals surface area (Å²) in [5.74, 6) is 0. The van der Waals surface area contributed by atoms with E-state index in [-0.39, 0.29) is 0 Å². The molecule has 0 aliphatic carbocycles. The van der Waals surface area contributed by atoms with Gasteiger partial charge in [-0.1, -0.05) is 115 Å². The van der Waals surface area contributed by atoms with Gasteiger partial charge in [0.1, 0.15) is 0 Å². The number of nitrogens with zero attached hydrogens (tertiary/aromatic N) is 2. The first-order valence-corrected chi connectivity index (χ1v) is 15.0. The number of anilines is 3. The van der Waals surface area contributed by atoms with Crippen LogP contribution < -0.4 is 4.90 Å². The minimum atomic E-state index is 1.11. The van der Waals surface area contributed by atoms with Gasteiger partial charge >= 0.3 is 0 Å². The minimum absolute atomic E-state index is 1.11. The molecule has 0 amide bonds. The van der Waals surface area contributed by atoms with E-state index in [1.165, 1.54) is 43.9 Å². The summed E-state index contributed by atoms with van der Waals surface area (Å²) in [7, 11) is 0. The number of hydrogen-bond donors (Lipinski definition) is 0. The largest absolute Gasteiger partial charge is 0.317 e. The summed E-state index contributed by atoms with van der Waals surface area (Å²) in [4.78, 5) is 2.35. The maximum absolute atomic E-state index is 2.35. The van der Waals surface area contributed by atoms with Crippen LogP contribution in [-0.2, 0) is 0 Å². The molecule has 8 aromatic rings. The molecule has 7 aromatic carbocycles. The zero-order valence-corrected chi connectivity index (χ0v) is 24.2. The van der Waals surface area contributed by atoms with E-state index in [1.54, 1.807) is 0 Å². The summed E-state index contributed by atoms with van der Waals surface area (Å²) in [5, 5.41) is 3.72. The Hall–Kier alpha value is -5.86. The van der Waals surface area contributed by atoms with E-state index < -0.39 is 0 Å². The maximum atomic E-state index is 2.35. The molecule has 1 aromatic heterocycles. The summed E-state index contributed by atoms with van der Waals surface area (Å²) in [6.45, 7) is 0. The number of benzene rings is 7. The molecule has 0 aliphatic heterocycles. The normalized spacial score (nSPS) is 11.2. The van der Waals surface area contributed by atoms with Crippen LogP contribution in [0.15, 0.2) is 182 Å². The maximum Gasteiger partial charge on any atom is 0.0529 e. The third kappa shape index (κ3) is 4.73. The zero-order chi connectivity index (χ0) is 29.3. The fourth-order valence-electron chi connectivity index (χ4n) is 6.23. The fourth-order valence-corrected chi connectivity index (χ4v) is 6.23. The van der Waals surface area contributed by atoms with Gasteiger partial charge in [0.05, 0.1) is 5.52 Å². The van der Waals surface area contributed by atoms with Crippen molar-refractivity contribution in [2.24, 2.45) is 0 Å². The van der Waals surface area contributed by atoms with Gasteiger partial charge in [-0.3, -0.25) is 0 Å². The third-order valence-corrected chi connectivity index (χ3v) is 8.43. The Morgan fingerprint density at radius 2 is 0.977 bits per heavy atom. The van der Waals surface area contributed by atoms with Gasteiger partial charge in [0, 0.05) is 34.3 Å². The van der Waals surface area contributed by atoms with Crippen molar-refractivity contribution < 1.29 is 0 Å². The highest BCUT2D eigenvalue weighted by Gasteiger charge is 2.15. The summed E-state index contributed by atoms with van der Waals surface area (Å²) in [5.41, 5.74) is 10.6. The summed E-state index contributed by atoms with van der Waals surface area (Å²) >= 11 is 0. The number of rotatable bonds is 6. The molecule has 208 valence electrons. The Morgan fingerprint density at radius 1 is 0.386 bits per heavy atom. The Labute approximate surface area is 257 Å². The molecular formula is C42H30N2. The smallest absolute Gasteiger partial charge is 0.0529 e. The van der Waals surface area contributed by atoms with E-state index in [2.05, 4.69) is 192 Å². The molecule has 0 fully saturated rings. The van der Waals surface area contributed by atoms with Gasteiger partial charge in [-0.15, -0.1) is 0 Å². The van der Waals surface area contributed by atoms with Crippen LogP contribution >= 0.6 is 0 Å². The van der Waals surface area contributed by atoms with Gasteiger partial charge in [-0.05, 0) is 93.7 Å². The predicted octanol–water partition coefficient (Wildman–Crippen LogP) is 11.6. The highest BCUT2D eigenvalue weighted by Crippen LogP contribution is 2.39. The fraction of sp³-hybridized carbons (Fsp3) is 0. The first-order chi connectivity index (χ1) is 21.8. The van der Waals surface area contributed by atoms with E-state index in [9.17, 15) is 0 Å². The van der Waals surface area contributed by atoms with E-state index in [0.29, 0.717) is 0 Å². The van der Waals surface area contributed by atoms with Crippen LogP contribution in [0.2, 0.25) is 0 Å². The molecule has 0 aliphatic rings. The number of hydrogen-bond acceptors (Lipinski definition) is 1. The summed E-state index contributed by atoms with van der Waals surface area (Å²) < 4.78 is 2.25. The predicted molar refractivity (Wildman–Crippen MR) is 186 cm³/mol. The van der Waals surface area contributed by atoms with E-state index in [1.807, 2.05) is 0 Å². The lowest BCUT2D eigenvalue weighted by molar-refractivity contribution is 1.13. The van der Waals surface area contributed by atoms with Gasteiger partial charge in [-0.2, -0.15) is 0 Å². The topological polar surface area (TPSA) is 8.17 Å². The van der Waals surface area contributed by atoms with Crippen molar-refractivity contribution in [1.82, 2.24) is 4.57 Å². The van der Waals surface area contributed by atoms with Gasteiger partial charge < -0.3 is 9.47 Å². The molecule has 0 saturated heterocycles. The van der Waals surface area contributed by atoms with Crippen LogP contribution in [0.25, 0.3) is 49.6 Å². The molecule has 2 nitrogen and oxygen atoms in total. The second kappa shape index (κ2) is 11.1. The minimum Gasteiger partial charge on any atom is -0.317 e. The van der Waals surface area contributed by atoms with Crippen molar-refractivity contribution in [3.05, 3.63) is 182 Å². The summed E-state index contributed by atoms with van der Waals surface area (Å²) in [6, 6.07) is 63.0. The first kappa shape index (κ1) is 25.8. The SMILES string of the molecule is c1ccc(-c2ccc(N(c3ccc(-c4cccc5ccccc45)cc3)c3ccc4c(ccn4-c4ccccc4)c3)cc2)cc1. The molecule has 0 radical (unpaired) electrons. The Kier molecular flexibility index (Phi) is 6.51. The van der Waals surface area contributed by atoms with Crippen LogP contribution in [0.1, 0.15) is 0 Å². The van der Waals surface area contributed by atoms with Crippen LogP contribution in [0.3, 0.4) is 0 Å². The van der Waals surface area contributed by atoms with Crippen molar-refractivity contribution in [3.63, 3.8) is 0 Å². The lowest BCUT2D eigenvalue weighted by atomic mass is 9.98. The molecule has 0 atom stereocenters. The van der Waals surface area contributed by atoms with Crippen LogP contribution in [0, 0.1) is 0 Å². The van der Waals surface area contributed by atoms with Crippen molar-refractivity contribution in [2.45, 2.75) is 0 Å². The Morgan fingerprint density at radius 3 is 1.73 bits per heavy atom. The van der Waals surface area contributed by atoms with Crippen molar-refractivity contribution in [3.8, 4) is 27.9 Å². The Balaban J connectivity index is 1.22. The number of para-hydroxylation sites is 1. The van der Waals surface area contributed by atoms with Crippen molar-refractivity contribution in [1.29, 1.82) is 0 Å². The Bertz CT molecular complexity index is 2190. The third-order valence-electron chi connectivity index (χ3n) is 8.43. The highest BCUT2D eigenvalue weighted by atomic mass is 15.1. The lowest BCUT2D eigenvalue weighted by Crippen LogP contribution is -2.10. The van der Waals surface area contributed by atoms with Crippen LogP contribution in [0.5, 0.6) is 0 Å². The second-order valence-corrected chi connectivity index (χ2v) is 11.1. The highest BCUT2D eigenvalue weighted by molar-refractivity contribution is 5.97. The molecule has 2 heteroatoms. The molecule has 1 heterocycles. The average Bonchev–Trinajstić information content (AvgIpc) is 3.53. The molecule has 0 unspecified atom stereocenters. The lowest BCUT2D eigenvalue weighted by Gasteiger charge is -2.26. The number of fused-ring (bicyclic) bond motifs is 2. The van der Waals surface area contributed by atoms with Gasteiger partial charge in [0.25, 0.3) is 0 Å². The van der Waals surface area contributed by atoms with E-state index in [4.69, 9.17) is 0 Å². The van der Waals surface area contributed by atoms with Crippen LogP contribution in [0.4, 0.5) is 17.1 Å². The molecular weight excluding hydrogens is 532 g/mol. The van der Waals surface area contributed by atoms with Gasteiger partial charge in [0.2, 0.25) is 0 Å². The van der Waals surface area contributed by atoms with Crippen LogP contribution in [-0.4, -0.2) is 4.57 Å². The first-order valence-electron chi connectivity index (χ1n) is 15.0. The standard InChI is InChI=1S/C42H30N2/c1-3-10-31(11-4-1)32-18-22-37(23-19-32)44(39-26-27-42-35(30-39)28-29-43(42)36-14-5-2-6-15-36)38-24-20-34(21-25-38)41-17-9-13-33-12-7-8-16-40(33)41/h1-30H. The van der Waals surface area contributed by atoms with Gasteiger partial charge in [0.15, 0.2) is 0 Å². The second-order valence-electron chi connectivity index (χ2n) is 11.1. The van der Waals surface area contributed by atoms with E-state index >= 15 is 0 Å². The van der Waals surface area contributed by atoms with E-state index in [0.717, 1.165) is 22.7 Å². The molecule has 0 spiro atoms. The molecule has 8 rings (SSSR count). The van der Waals surface area contributed by atoms with Crippen molar-refractivity contribution >= 4 is 38.7 Å². The number of aromatic nitrogens is 1. The quantitative estimate of drug-likeness (QED) is 0.196. The molecule has 0 N–H and O–H groups in total. The zero-order valence-electron chi connectivity index (χ0n) is 24.2. The van der Waals surface area contributed by atoms with Gasteiger partial charge in [-0.25, -0.2) is 0 Å². The molecule has 44 heavy (non-hydrogen) atoms. The summed E-state index contributed by atoms with van der Waals surface area (Å²) in [6.07, 6.45) is 2.15. The average molecular weight is 563 g/mol. The van der Waals surface area contributed by atoms with Crippen molar-refractivity contribution in [2.75, 3.05) is 4.90 Å². The molecule has 0 bridgehead atoms. The molecule has 0 saturated carbocycles. The monoisotopic (exact) mass is 562 g/mol.